The van der Waals surface area contributed by atoms with Gasteiger partial charge in [-0.1, -0.05) is 0 Å². The first-order valence-electron chi connectivity index (χ1n) is 9.28. The van der Waals surface area contributed by atoms with E-state index in [0.717, 1.165) is 33.4 Å². The molecule has 28 heavy (non-hydrogen) atoms. The van der Waals surface area contributed by atoms with E-state index >= 15 is 0 Å². The number of rotatable bonds is 0. The van der Waals surface area contributed by atoms with Crippen LogP contribution in [0.25, 0.3) is 18.2 Å². The van der Waals surface area contributed by atoms with Crippen LogP contribution in [0.15, 0.2) is 57.9 Å². The predicted octanol–water partition coefficient (Wildman–Crippen LogP) is 0.845. The Bertz CT molecular complexity index is 1330. The van der Waals surface area contributed by atoms with Gasteiger partial charge in [-0.25, -0.2) is 4.99 Å². The summed E-state index contributed by atoms with van der Waals surface area (Å²) in [6.07, 6.45) is 8.38. The zero-order valence-corrected chi connectivity index (χ0v) is 14.9. The van der Waals surface area contributed by atoms with Crippen molar-refractivity contribution in [3.63, 3.8) is 0 Å². The van der Waals surface area contributed by atoms with Crippen LogP contribution in [0.2, 0.25) is 0 Å². The lowest BCUT2D eigenvalue weighted by Crippen LogP contribution is -2.24. The Morgan fingerprint density at radius 2 is 1.68 bits per heavy atom. The summed E-state index contributed by atoms with van der Waals surface area (Å²) in [6.45, 7) is 0. The van der Waals surface area contributed by atoms with Crippen molar-refractivity contribution in [3.8, 4) is 0 Å². The van der Waals surface area contributed by atoms with Gasteiger partial charge in [-0.15, -0.1) is 0 Å². The van der Waals surface area contributed by atoms with E-state index in [2.05, 4.69) is 20.3 Å². The Labute approximate surface area is 159 Å². The molecule has 0 radical (unpaired) electrons. The Kier molecular flexibility index (Phi) is 2.98. The highest BCUT2D eigenvalue weighted by Gasteiger charge is 2.38. The van der Waals surface area contributed by atoms with Crippen molar-refractivity contribution in [2.45, 2.75) is 18.9 Å². The van der Waals surface area contributed by atoms with Crippen LogP contribution in [0.5, 0.6) is 0 Å². The largest absolute Gasteiger partial charge is 0.374 e. The fraction of sp³-hybridized carbons (Fsp3) is 0.136. The molecule has 2 aromatic rings. The maximum absolute atomic E-state index is 12.6. The van der Waals surface area contributed by atoms with Gasteiger partial charge in [-0.05, 0) is 48.6 Å². The number of nitrogens with zero attached hydrogens (tertiary/aromatic N) is 1. The minimum Gasteiger partial charge on any atom is -0.374 e. The summed E-state index contributed by atoms with van der Waals surface area (Å²) >= 11 is 0. The Hall–Kier alpha value is -3.67. The fourth-order valence-electron chi connectivity index (χ4n) is 4.23. The highest BCUT2D eigenvalue weighted by Crippen LogP contribution is 2.35. The van der Waals surface area contributed by atoms with Gasteiger partial charge in [0.25, 0.3) is 0 Å². The van der Waals surface area contributed by atoms with Crippen molar-refractivity contribution in [3.05, 3.63) is 75.0 Å². The zero-order chi connectivity index (χ0) is 18.8. The molecule has 0 fully saturated rings. The smallest absolute Gasteiger partial charge is 0.187 e. The third kappa shape index (κ3) is 2.31. The van der Waals surface area contributed by atoms with Crippen LogP contribution in [-0.4, -0.2) is 33.3 Å². The van der Waals surface area contributed by atoms with Crippen LogP contribution in [-0.2, 0) is 9.59 Å². The first kappa shape index (κ1) is 15.4. The summed E-state index contributed by atoms with van der Waals surface area (Å²) in [4.78, 5) is 36.4. The molecule has 1 aliphatic carbocycles. The van der Waals surface area contributed by atoms with Gasteiger partial charge >= 0.3 is 0 Å². The number of ketones is 2. The summed E-state index contributed by atoms with van der Waals surface area (Å²) in [5, 5.41) is 5.34. The first-order chi connectivity index (χ1) is 13.6. The standard InChI is InChI=1S/C22H16N4O2/c27-19-10-18-21-17(19)8-15(25-21)6-13-3-1-11(23-13)5-12-2-4-14(24-12)7-16-9-20(28)22(18)26-16/h1-8,15,23-25H,9-10H2. The second-order valence-electron chi connectivity index (χ2n) is 7.45. The van der Waals surface area contributed by atoms with Crippen LogP contribution < -0.4 is 16.0 Å². The number of aliphatic imine (C=N–C) groups is 1. The molecule has 5 heterocycles. The number of aromatic amines is 2. The van der Waals surface area contributed by atoms with Gasteiger partial charge in [0.05, 0.1) is 23.9 Å². The van der Waals surface area contributed by atoms with Crippen LogP contribution in [0, 0.1) is 0 Å². The molecule has 1 unspecified atom stereocenters. The molecule has 4 aliphatic rings. The van der Waals surface area contributed by atoms with E-state index in [1.807, 2.05) is 48.6 Å². The molecule has 6 heteroatoms. The lowest BCUT2D eigenvalue weighted by Gasteiger charge is -2.08. The molecule has 0 saturated heterocycles. The van der Waals surface area contributed by atoms with Crippen molar-refractivity contribution in [2.75, 3.05) is 0 Å². The molecule has 0 aromatic carbocycles. The number of nitrogens with one attached hydrogen (secondary N) is 3. The molecule has 2 aromatic heterocycles. The fourth-order valence-corrected chi connectivity index (χ4v) is 4.23. The zero-order valence-electron chi connectivity index (χ0n) is 14.9. The summed E-state index contributed by atoms with van der Waals surface area (Å²) in [6, 6.07) is 7.89. The van der Waals surface area contributed by atoms with Crippen LogP contribution in [0.4, 0.5) is 0 Å². The molecule has 6 rings (SSSR count). The van der Waals surface area contributed by atoms with Crippen molar-refractivity contribution >= 4 is 35.5 Å². The Balaban J connectivity index is 1.59. The minimum atomic E-state index is -0.104. The van der Waals surface area contributed by atoms with Gasteiger partial charge in [0.1, 0.15) is 5.71 Å². The summed E-state index contributed by atoms with van der Waals surface area (Å²) < 4.78 is 0. The van der Waals surface area contributed by atoms with Crippen molar-refractivity contribution < 1.29 is 9.59 Å². The number of aromatic nitrogens is 2. The van der Waals surface area contributed by atoms with Crippen molar-refractivity contribution in [1.29, 1.82) is 0 Å². The van der Waals surface area contributed by atoms with E-state index in [1.165, 1.54) is 0 Å². The van der Waals surface area contributed by atoms with E-state index in [9.17, 15) is 9.59 Å². The summed E-state index contributed by atoms with van der Waals surface area (Å²) in [5.41, 5.74) is 5.13. The summed E-state index contributed by atoms with van der Waals surface area (Å²) in [7, 11) is 0. The number of carbonyl (C=O) groups is 2. The molecule has 0 spiro atoms. The number of fused-ring (bicyclic) bond motifs is 7. The molecule has 1 atom stereocenters. The number of Topliss-reactive ketones (excluding diaryl/α,β-unsaturated/α-hetero) is 2. The average molecular weight is 368 g/mol. The van der Waals surface area contributed by atoms with Gasteiger partial charge < -0.3 is 15.3 Å². The Morgan fingerprint density at radius 1 is 0.857 bits per heavy atom. The molecule has 0 saturated carbocycles. The lowest BCUT2D eigenvalue weighted by atomic mass is 10.0. The van der Waals surface area contributed by atoms with Gasteiger partial charge in [0.2, 0.25) is 0 Å². The van der Waals surface area contributed by atoms with Crippen LogP contribution >= 0.6 is 0 Å². The highest BCUT2D eigenvalue weighted by atomic mass is 16.1. The van der Waals surface area contributed by atoms with E-state index < -0.39 is 0 Å². The second kappa shape index (κ2) is 5.42. The lowest BCUT2D eigenvalue weighted by molar-refractivity contribution is -0.114. The van der Waals surface area contributed by atoms with E-state index in [-0.39, 0.29) is 30.4 Å². The highest BCUT2D eigenvalue weighted by molar-refractivity contribution is 6.50. The third-order valence-corrected chi connectivity index (χ3v) is 5.47. The molecular weight excluding hydrogens is 352 g/mol. The topological polar surface area (TPSA) is 90.1 Å². The summed E-state index contributed by atoms with van der Waals surface area (Å²) in [5.74, 6) is 0.00485. The predicted molar refractivity (Wildman–Crippen MR) is 106 cm³/mol. The second-order valence-corrected chi connectivity index (χ2v) is 7.45. The number of hydrogen-bond acceptors (Lipinski definition) is 4. The van der Waals surface area contributed by atoms with Gasteiger partial charge in [-0.3, -0.25) is 9.59 Å². The number of hydrogen-bond donors (Lipinski definition) is 3. The molecule has 8 bridgehead atoms. The molecule has 3 N–H and O–H groups in total. The Morgan fingerprint density at radius 3 is 2.57 bits per heavy atom. The van der Waals surface area contributed by atoms with E-state index in [4.69, 9.17) is 0 Å². The van der Waals surface area contributed by atoms with E-state index in [1.54, 1.807) is 0 Å². The maximum Gasteiger partial charge on any atom is 0.187 e. The monoisotopic (exact) mass is 368 g/mol. The quantitative estimate of drug-likeness (QED) is 0.644. The molecular formula is C22H16N4O2. The third-order valence-electron chi connectivity index (χ3n) is 5.47. The molecule has 6 nitrogen and oxygen atoms in total. The first-order valence-corrected chi connectivity index (χ1v) is 9.28. The molecule has 136 valence electrons. The SMILES string of the molecule is O=C1CC2=C3NC(C=C13)C=c1ccc([nH]1)=Cc1ccc([nH]1)C=C1CC(=O)C2=N1. The van der Waals surface area contributed by atoms with Gasteiger partial charge in [0, 0.05) is 39.7 Å². The van der Waals surface area contributed by atoms with E-state index in [0.29, 0.717) is 17.0 Å². The van der Waals surface area contributed by atoms with Crippen molar-refractivity contribution in [1.82, 2.24) is 15.3 Å². The average Bonchev–Trinajstić information content (AvgIpc) is 3.43. The number of H-pyrrole nitrogens is 2. The number of carbonyl (C=O) groups excluding carboxylic acids is 2. The number of allylic oxidation sites excluding steroid dienone is 3. The van der Waals surface area contributed by atoms with Crippen LogP contribution in [0.1, 0.15) is 24.2 Å². The minimum absolute atomic E-state index is 0.0340. The van der Waals surface area contributed by atoms with Crippen molar-refractivity contribution in [2.24, 2.45) is 4.99 Å². The van der Waals surface area contributed by atoms with Gasteiger partial charge in [0.15, 0.2) is 11.6 Å². The maximum atomic E-state index is 12.6. The van der Waals surface area contributed by atoms with Crippen LogP contribution in [0.3, 0.4) is 0 Å². The molecule has 3 aliphatic heterocycles. The van der Waals surface area contributed by atoms with Gasteiger partial charge in [-0.2, -0.15) is 0 Å². The normalized spacial score (nSPS) is 22.4. The molecule has 0 amide bonds.